The minimum absolute atomic E-state index is 0.110. The summed E-state index contributed by atoms with van der Waals surface area (Å²) in [6.45, 7) is 1.54. The van der Waals surface area contributed by atoms with Crippen LogP contribution in [-0.4, -0.2) is 16.3 Å². The standard InChI is InChI=1S/C13H13N3O3S/c1-9-13(16(17)18)11(19-15-9)7-8-14-10-5-3-4-6-12(10)20-2/h3-8,14H,1-2H3/b8-7+. The summed E-state index contributed by atoms with van der Waals surface area (Å²) in [4.78, 5) is 11.5. The maximum atomic E-state index is 10.9. The van der Waals surface area contributed by atoms with Gasteiger partial charge in [-0.3, -0.25) is 10.1 Å². The van der Waals surface area contributed by atoms with Gasteiger partial charge in [-0.2, -0.15) is 0 Å². The van der Waals surface area contributed by atoms with Crippen molar-refractivity contribution in [1.82, 2.24) is 5.16 Å². The maximum Gasteiger partial charge on any atom is 0.338 e. The van der Waals surface area contributed by atoms with E-state index in [1.165, 1.54) is 13.0 Å². The van der Waals surface area contributed by atoms with Gasteiger partial charge < -0.3 is 9.84 Å². The molecule has 2 rings (SSSR count). The maximum absolute atomic E-state index is 10.9. The van der Waals surface area contributed by atoms with E-state index in [-0.39, 0.29) is 17.1 Å². The van der Waals surface area contributed by atoms with Crippen molar-refractivity contribution in [3.05, 3.63) is 52.0 Å². The molecule has 0 aliphatic carbocycles. The highest BCUT2D eigenvalue weighted by molar-refractivity contribution is 7.98. The number of benzene rings is 1. The molecule has 1 N–H and O–H groups in total. The molecule has 0 amide bonds. The Kier molecular flexibility index (Phi) is 4.41. The lowest BCUT2D eigenvalue weighted by Gasteiger charge is -2.05. The molecule has 0 unspecified atom stereocenters. The van der Waals surface area contributed by atoms with E-state index < -0.39 is 4.92 Å². The number of anilines is 1. The third kappa shape index (κ3) is 3.00. The van der Waals surface area contributed by atoms with Gasteiger partial charge in [-0.1, -0.05) is 17.3 Å². The Bertz CT molecular complexity index is 652. The van der Waals surface area contributed by atoms with Gasteiger partial charge in [-0.25, -0.2) is 0 Å². The number of nitrogens with one attached hydrogen (secondary N) is 1. The van der Waals surface area contributed by atoms with Gasteiger partial charge >= 0.3 is 5.69 Å². The number of thioether (sulfide) groups is 1. The molecule has 0 atom stereocenters. The average Bonchev–Trinajstić information content (AvgIpc) is 2.80. The molecule has 104 valence electrons. The van der Waals surface area contributed by atoms with E-state index in [9.17, 15) is 10.1 Å². The number of para-hydroxylation sites is 1. The van der Waals surface area contributed by atoms with Crippen LogP contribution >= 0.6 is 11.8 Å². The molecule has 0 fully saturated rings. The van der Waals surface area contributed by atoms with E-state index in [0.717, 1.165) is 10.6 Å². The zero-order chi connectivity index (χ0) is 14.5. The zero-order valence-electron chi connectivity index (χ0n) is 11.0. The number of nitrogens with zero attached hydrogens (tertiary/aromatic N) is 2. The Morgan fingerprint density at radius 3 is 2.90 bits per heavy atom. The van der Waals surface area contributed by atoms with Crippen molar-refractivity contribution in [2.45, 2.75) is 11.8 Å². The molecular formula is C13H13N3O3S. The van der Waals surface area contributed by atoms with E-state index in [4.69, 9.17) is 4.52 Å². The van der Waals surface area contributed by atoms with E-state index in [2.05, 4.69) is 10.5 Å². The lowest BCUT2D eigenvalue weighted by atomic mass is 10.3. The highest BCUT2D eigenvalue weighted by Gasteiger charge is 2.21. The molecule has 1 aromatic heterocycles. The van der Waals surface area contributed by atoms with Gasteiger partial charge in [0.25, 0.3) is 0 Å². The van der Waals surface area contributed by atoms with Gasteiger partial charge in [-0.05, 0) is 25.3 Å². The number of hydrogen-bond donors (Lipinski definition) is 1. The molecule has 0 aliphatic heterocycles. The largest absolute Gasteiger partial charge is 0.361 e. The van der Waals surface area contributed by atoms with Crippen molar-refractivity contribution in [3.8, 4) is 0 Å². The monoisotopic (exact) mass is 291 g/mol. The minimum Gasteiger partial charge on any atom is -0.361 e. The molecule has 7 heteroatoms. The Morgan fingerprint density at radius 1 is 1.45 bits per heavy atom. The third-order valence-corrected chi connectivity index (χ3v) is 3.42. The number of rotatable bonds is 5. The fourth-order valence-corrected chi connectivity index (χ4v) is 2.25. The molecule has 20 heavy (non-hydrogen) atoms. The fraction of sp³-hybridized carbons (Fsp3) is 0.154. The Hall–Kier alpha value is -2.28. The summed E-state index contributed by atoms with van der Waals surface area (Å²) in [6, 6.07) is 7.78. The number of nitro groups is 1. The van der Waals surface area contributed by atoms with Gasteiger partial charge in [-0.15, -0.1) is 11.8 Å². The highest BCUT2D eigenvalue weighted by Crippen LogP contribution is 2.26. The van der Waals surface area contributed by atoms with Crippen molar-refractivity contribution in [3.63, 3.8) is 0 Å². The van der Waals surface area contributed by atoms with Crippen LogP contribution in [0.2, 0.25) is 0 Å². The highest BCUT2D eigenvalue weighted by atomic mass is 32.2. The van der Waals surface area contributed by atoms with Crippen LogP contribution in [0.4, 0.5) is 11.4 Å². The summed E-state index contributed by atoms with van der Waals surface area (Å²) in [7, 11) is 0. The number of aromatic nitrogens is 1. The van der Waals surface area contributed by atoms with Gasteiger partial charge in [0.2, 0.25) is 5.76 Å². The molecule has 0 saturated carbocycles. The molecule has 0 aliphatic rings. The van der Waals surface area contributed by atoms with Crippen LogP contribution in [-0.2, 0) is 0 Å². The fourth-order valence-electron chi connectivity index (χ4n) is 1.68. The first-order valence-corrected chi connectivity index (χ1v) is 7.02. The van der Waals surface area contributed by atoms with Crippen molar-refractivity contribution in [2.24, 2.45) is 0 Å². The second kappa shape index (κ2) is 6.25. The van der Waals surface area contributed by atoms with E-state index >= 15 is 0 Å². The molecule has 0 saturated heterocycles. The van der Waals surface area contributed by atoms with Crippen LogP contribution < -0.4 is 5.32 Å². The first kappa shape index (κ1) is 14.1. The summed E-state index contributed by atoms with van der Waals surface area (Å²) in [6.07, 6.45) is 5.08. The summed E-state index contributed by atoms with van der Waals surface area (Å²) < 4.78 is 4.93. The first-order valence-electron chi connectivity index (χ1n) is 5.80. The molecular weight excluding hydrogens is 278 g/mol. The molecule has 1 heterocycles. The third-order valence-electron chi connectivity index (χ3n) is 2.62. The van der Waals surface area contributed by atoms with E-state index in [1.54, 1.807) is 18.0 Å². The van der Waals surface area contributed by atoms with Crippen LogP contribution in [0.3, 0.4) is 0 Å². The summed E-state index contributed by atoms with van der Waals surface area (Å²) in [5.74, 6) is 0.127. The lowest BCUT2D eigenvalue weighted by molar-refractivity contribution is -0.386. The van der Waals surface area contributed by atoms with Crippen molar-refractivity contribution in [1.29, 1.82) is 0 Å². The van der Waals surface area contributed by atoms with Gasteiger partial charge in [0, 0.05) is 17.2 Å². The smallest absolute Gasteiger partial charge is 0.338 e. The zero-order valence-corrected chi connectivity index (χ0v) is 11.8. The number of hydrogen-bond acceptors (Lipinski definition) is 6. The Labute approximate surface area is 120 Å². The van der Waals surface area contributed by atoms with Crippen LogP contribution in [0.5, 0.6) is 0 Å². The van der Waals surface area contributed by atoms with Crippen molar-refractivity contribution >= 4 is 29.2 Å². The quantitative estimate of drug-likeness (QED) is 0.514. The SMILES string of the molecule is CSc1ccccc1N/C=C/c1onc(C)c1[N+](=O)[O-]. The first-order chi connectivity index (χ1) is 9.63. The van der Waals surface area contributed by atoms with Gasteiger partial charge in [0.05, 0.1) is 10.6 Å². The van der Waals surface area contributed by atoms with Crippen LogP contribution in [0, 0.1) is 17.0 Å². The predicted octanol–water partition coefficient (Wildman–Crippen LogP) is 3.70. The Morgan fingerprint density at radius 2 is 2.20 bits per heavy atom. The molecule has 1 aromatic carbocycles. The molecule has 6 nitrogen and oxygen atoms in total. The second-order valence-corrected chi connectivity index (χ2v) is 4.76. The topological polar surface area (TPSA) is 81.2 Å². The summed E-state index contributed by atoms with van der Waals surface area (Å²) in [5, 5.41) is 17.6. The molecule has 0 radical (unpaired) electrons. The summed E-state index contributed by atoms with van der Waals surface area (Å²) >= 11 is 1.61. The van der Waals surface area contributed by atoms with Crippen molar-refractivity contribution in [2.75, 3.05) is 11.6 Å². The van der Waals surface area contributed by atoms with E-state index in [1.807, 2.05) is 30.5 Å². The summed E-state index contributed by atoms with van der Waals surface area (Å²) in [5.41, 5.74) is 1.08. The predicted molar refractivity (Wildman–Crippen MR) is 78.8 cm³/mol. The minimum atomic E-state index is -0.499. The van der Waals surface area contributed by atoms with Gasteiger partial charge in [0.1, 0.15) is 0 Å². The lowest BCUT2D eigenvalue weighted by Crippen LogP contribution is -1.92. The van der Waals surface area contributed by atoms with Crippen LogP contribution in [0.1, 0.15) is 11.5 Å². The average molecular weight is 291 g/mol. The van der Waals surface area contributed by atoms with Crippen molar-refractivity contribution < 1.29 is 9.45 Å². The van der Waals surface area contributed by atoms with Gasteiger partial charge in [0.15, 0.2) is 5.69 Å². The normalized spacial score (nSPS) is 10.9. The number of aryl methyl sites for hydroxylation is 1. The van der Waals surface area contributed by atoms with Crippen LogP contribution in [0.15, 0.2) is 39.9 Å². The molecule has 0 bridgehead atoms. The Balaban J connectivity index is 2.17. The van der Waals surface area contributed by atoms with Crippen LogP contribution in [0.25, 0.3) is 6.08 Å². The van der Waals surface area contributed by atoms with E-state index in [0.29, 0.717) is 0 Å². The molecule has 2 aromatic rings. The second-order valence-electron chi connectivity index (χ2n) is 3.92. The molecule has 0 spiro atoms.